The van der Waals surface area contributed by atoms with Gasteiger partial charge in [0.25, 0.3) is 0 Å². The Balaban J connectivity index is 1.80. The first-order chi connectivity index (χ1) is 8.74. The van der Waals surface area contributed by atoms with E-state index in [9.17, 15) is 4.79 Å². The highest BCUT2D eigenvalue weighted by Crippen LogP contribution is 2.35. The van der Waals surface area contributed by atoms with E-state index in [4.69, 9.17) is 4.74 Å². The van der Waals surface area contributed by atoms with Gasteiger partial charge >= 0.3 is 0 Å². The van der Waals surface area contributed by atoms with Crippen LogP contribution in [-0.2, 0) is 9.53 Å². The number of hydrogen-bond acceptors (Lipinski definition) is 3. The molecule has 2 aliphatic rings. The Labute approximate surface area is 111 Å². The Bertz CT molecular complexity index is 255. The fourth-order valence-electron chi connectivity index (χ4n) is 3.54. The fourth-order valence-corrected chi connectivity index (χ4v) is 3.54. The minimum atomic E-state index is -0.0435. The second-order valence-electron chi connectivity index (χ2n) is 6.29. The molecule has 1 aliphatic heterocycles. The predicted molar refractivity (Wildman–Crippen MR) is 72.6 cm³/mol. The number of hydrogen-bond donors (Lipinski definition) is 0. The third-order valence-electron chi connectivity index (χ3n) is 4.59. The van der Waals surface area contributed by atoms with Crippen LogP contribution in [0.15, 0.2) is 0 Å². The fraction of sp³-hybridized carbons (Fsp3) is 0.933. The Hall–Kier alpha value is -0.410. The maximum absolute atomic E-state index is 11.5. The van der Waals surface area contributed by atoms with Crippen molar-refractivity contribution < 1.29 is 9.53 Å². The highest BCUT2D eigenvalue weighted by molar-refractivity contribution is 5.60. The largest absolute Gasteiger partial charge is 0.381 e. The molecule has 0 radical (unpaired) electrons. The molecule has 3 nitrogen and oxygen atoms in total. The molecule has 0 N–H and O–H groups in total. The number of rotatable bonds is 5. The molecule has 104 valence electrons. The maximum Gasteiger partial charge on any atom is 0.127 e. The Morgan fingerprint density at radius 1 is 1.22 bits per heavy atom. The minimum Gasteiger partial charge on any atom is -0.381 e. The molecule has 2 fully saturated rings. The molecule has 0 spiro atoms. The number of carbonyl (C=O) groups excluding carboxylic acids is 1. The Morgan fingerprint density at radius 3 is 2.50 bits per heavy atom. The first-order valence-corrected chi connectivity index (χ1v) is 7.47. The van der Waals surface area contributed by atoms with Crippen molar-refractivity contribution >= 4 is 6.29 Å². The molecule has 3 heteroatoms. The van der Waals surface area contributed by atoms with E-state index in [1.54, 1.807) is 0 Å². The lowest BCUT2D eigenvalue weighted by Gasteiger charge is -2.37. The average Bonchev–Trinajstić information content (AvgIpc) is 2.41. The molecule has 1 saturated heterocycles. The first-order valence-electron chi connectivity index (χ1n) is 7.47. The zero-order valence-electron chi connectivity index (χ0n) is 11.7. The second kappa shape index (κ2) is 6.67. The summed E-state index contributed by atoms with van der Waals surface area (Å²) in [5.74, 6) is 0.760. The van der Waals surface area contributed by atoms with Crippen LogP contribution in [0.1, 0.15) is 44.9 Å². The SMILES string of the molecule is CN(CC1CCOCC1)CC1(C=O)CCCCC1. The van der Waals surface area contributed by atoms with Crippen molar-refractivity contribution in [2.24, 2.45) is 11.3 Å². The molecule has 0 bridgehead atoms. The van der Waals surface area contributed by atoms with Gasteiger partial charge < -0.3 is 14.4 Å². The molecule has 0 amide bonds. The van der Waals surface area contributed by atoms with Crippen LogP contribution in [0.5, 0.6) is 0 Å². The smallest absolute Gasteiger partial charge is 0.127 e. The van der Waals surface area contributed by atoms with Gasteiger partial charge in [0, 0.05) is 31.7 Å². The summed E-state index contributed by atoms with van der Waals surface area (Å²) in [6.45, 7) is 3.90. The van der Waals surface area contributed by atoms with Crippen LogP contribution < -0.4 is 0 Å². The topological polar surface area (TPSA) is 29.5 Å². The van der Waals surface area contributed by atoms with Gasteiger partial charge in [-0.3, -0.25) is 0 Å². The normalized spacial score (nSPS) is 25.2. The molecule has 0 aromatic rings. The quantitative estimate of drug-likeness (QED) is 0.705. The van der Waals surface area contributed by atoms with Crippen LogP contribution in [0.2, 0.25) is 0 Å². The average molecular weight is 253 g/mol. The third kappa shape index (κ3) is 3.79. The van der Waals surface area contributed by atoms with Gasteiger partial charge in [0.05, 0.1) is 0 Å². The lowest BCUT2D eigenvalue weighted by Crippen LogP contribution is -2.41. The van der Waals surface area contributed by atoms with Gasteiger partial charge in [-0.1, -0.05) is 19.3 Å². The minimum absolute atomic E-state index is 0.0435. The summed E-state index contributed by atoms with van der Waals surface area (Å²) in [6, 6.07) is 0. The summed E-state index contributed by atoms with van der Waals surface area (Å²) in [7, 11) is 2.18. The van der Waals surface area contributed by atoms with E-state index < -0.39 is 0 Å². The summed E-state index contributed by atoms with van der Waals surface area (Å²) < 4.78 is 5.40. The van der Waals surface area contributed by atoms with E-state index >= 15 is 0 Å². The summed E-state index contributed by atoms with van der Waals surface area (Å²) >= 11 is 0. The van der Waals surface area contributed by atoms with Crippen LogP contribution >= 0.6 is 0 Å². The zero-order chi connectivity index (χ0) is 12.8. The summed E-state index contributed by atoms with van der Waals surface area (Å²) in [5.41, 5.74) is -0.0435. The van der Waals surface area contributed by atoms with Crippen molar-refractivity contribution in [3.63, 3.8) is 0 Å². The molecule has 18 heavy (non-hydrogen) atoms. The Morgan fingerprint density at radius 2 is 1.89 bits per heavy atom. The van der Waals surface area contributed by atoms with Crippen molar-refractivity contribution in [1.29, 1.82) is 0 Å². The first kappa shape index (κ1) is 14.0. The van der Waals surface area contributed by atoms with Crippen LogP contribution in [0.25, 0.3) is 0 Å². The van der Waals surface area contributed by atoms with E-state index in [-0.39, 0.29) is 5.41 Å². The highest BCUT2D eigenvalue weighted by atomic mass is 16.5. The van der Waals surface area contributed by atoms with Crippen LogP contribution in [0, 0.1) is 11.3 Å². The molecular weight excluding hydrogens is 226 g/mol. The van der Waals surface area contributed by atoms with Gasteiger partial charge in [0.2, 0.25) is 0 Å². The molecule has 0 aromatic carbocycles. The standard InChI is InChI=1S/C15H27NO2/c1-16(11-14-5-9-18-10-6-14)12-15(13-17)7-3-2-4-8-15/h13-14H,2-12H2,1H3. The maximum atomic E-state index is 11.5. The molecule has 1 heterocycles. The molecule has 0 unspecified atom stereocenters. The van der Waals surface area contributed by atoms with Gasteiger partial charge in [-0.25, -0.2) is 0 Å². The highest BCUT2D eigenvalue weighted by Gasteiger charge is 2.33. The molecular formula is C15H27NO2. The van der Waals surface area contributed by atoms with Crippen molar-refractivity contribution in [2.45, 2.75) is 44.9 Å². The van der Waals surface area contributed by atoms with Gasteiger partial charge in [0.1, 0.15) is 6.29 Å². The van der Waals surface area contributed by atoms with Gasteiger partial charge in [0.15, 0.2) is 0 Å². The lowest BCUT2D eigenvalue weighted by molar-refractivity contribution is -0.119. The molecule has 0 aromatic heterocycles. The third-order valence-corrected chi connectivity index (χ3v) is 4.59. The number of ether oxygens (including phenoxy) is 1. The summed E-state index contributed by atoms with van der Waals surface area (Å²) in [5, 5.41) is 0. The van der Waals surface area contributed by atoms with Gasteiger partial charge in [-0.05, 0) is 38.6 Å². The molecule has 1 aliphatic carbocycles. The van der Waals surface area contributed by atoms with Crippen LogP contribution in [0.4, 0.5) is 0 Å². The van der Waals surface area contributed by atoms with E-state index in [1.165, 1.54) is 38.4 Å². The summed E-state index contributed by atoms with van der Waals surface area (Å²) in [6.07, 6.45) is 9.54. The van der Waals surface area contributed by atoms with Crippen LogP contribution in [0.3, 0.4) is 0 Å². The van der Waals surface area contributed by atoms with Crippen molar-refractivity contribution in [3.05, 3.63) is 0 Å². The van der Waals surface area contributed by atoms with Gasteiger partial charge in [-0.15, -0.1) is 0 Å². The van der Waals surface area contributed by atoms with Gasteiger partial charge in [-0.2, -0.15) is 0 Å². The lowest BCUT2D eigenvalue weighted by atomic mass is 9.75. The number of carbonyl (C=O) groups is 1. The molecule has 0 atom stereocenters. The monoisotopic (exact) mass is 253 g/mol. The van der Waals surface area contributed by atoms with Crippen molar-refractivity contribution in [1.82, 2.24) is 4.90 Å². The van der Waals surface area contributed by atoms with E-state index in [2.05, 4.69) is 11.9 Å². The van der Waals surface area contributed by atoms with E-state index in [0.717, 1.165) is 45.1 Å². The molecule has 1 saturated carbocycles. The summed E-state index contributed by atoms with van der Waals surface area (Å²) in [4.78, 5) is 13.8. The predicted octanol–water partition coefficient (Wildman–Crippen LogP) is 2.49. The Kier molecular flexibility index (Phi) is 5.19. The van der Waals surface area contributed by atoms with Crippen LogP contribution in [-0.4, -0.2) is 44.5 Å². The second-order valence-corrected chi connectivity index (χ2v) is 6.29. The molecule has 2 rings (SSSR count). The zero-order valence-corrected chi connectivity index (χ0v) is 11.7. The van der Waals surface area contributed by atoms with Crippen molar-refractivity contribution in [3.8, 4) is 0 Å². The van der Waals surface area contributed by atoms with E-state index in [1.807, 2.05) is 0 Å². The van der Waals surface area contributed by atoms with Crippen molar-refractivity contribution in [2.75, 3.05) is 33.4 Å². The number of nitrogens with zero attached hydrogens (tertiary/aromatic N) is 1. The number of aldehydes is 1. The van der Waals surface area contributed by atoms with E-state index in [0.29, 0.717) is 0 Å².